The van der Waals surface area contributed by atoms with Crippen molar-refractivity contribution >= 4 is 34.6 Å². The lowest BCUT2D eigenvalue weighted by atomic mass is 10.0. The summed E-state index contributed by atoms with van der Waals surface area (Å²) in [6.07, 6.45) is 0.224. The highest BCUT2D eigenvalue weighted by Crippen LogP contribution is 2.37. The van der Waals surface area contributed by atoms with E-state index in [0.29, 0.717) is 47.8 Å². The fraction of sp³-hybridized carbons (Fsp3) is 0.286. The summed E-state index contributed by atoms with van der Waals surface area (Å²) in [6.45, 7) is 3.46. The Morgan fingerprint density at radius 2 is 1.72 bits per heavy atom. The number of β-amino-alcohol motifs (C(OH)–C–C–N with tert-alkyl or cyclic N) is 1. The fourth-order valence-electron chi connectivity index (χ4n) is 4.93. The number of nitro groups is 1. The molecular formula is C28H29N5O6. The molecule has 0 unspecified atom stereocenters. The van der Waals surface area contributed by atoms with Gasteiger partial charge in [0.1, 0.15) is 0 Å². The molecule has 2 aliphatic rings. The van der Waals surface area contributed by atoms with Gasteiger partial charge in [0.25, 0.3) is 5.91 Å². The van der Waals surface area contributed by atoms with Gasteiger partial charge >= 0.3 is 5.69 Å². The van der Waals surface area contributed by atoms with Crippen molar-refractivity contribution in [2.24, 2.45) is 0 Å². The van der Waals surface area contributed by atoms with Crippen molar-refractivity contribution in [2.45, 2.75) is 6.42 Å². The number of amides is 2. The van der Waals surface area contributed by atoms with Crippen LogP contribution in [-0.4, -0.2) is 78.1 Å². The molecule has 39 heavy (non-hydrogen) atoms. The lowest BCUT2D eigenvalue weighted by Crippen LogP contribution is -2.49. The average molecular weight is 532 g/mol. The standard InChI is InChI=1S/C28H29N5O6/c1-39-26-17-20(4-7-25(26)33(37)38)19-3-5-21-23(16-19)29-22-6-2-18(14-24(22)30-28(21)36)15-27(35)32-10-8-31(9-11-32)12-13-34/h2-7,14,16-17,29,34H,8-13,15H2,1H3,(H,30,36). The van der Waals surface area contributed by atoms with Gasteiger partial charge in [-0.05, 0) is 53.1 Å². The van der Waals surface area contributed by atoms with Gasteiger partial charge in [-0.3, -0.25) is 24.6 Å². The SMILES string of the molecule is COc1cc(-c2ccc3c(c2)Nc2ccc(CC(=O)N4CCN(CCO)CC4)cc2NC3=O)ccc1[N+](=O)[O-]. The van der Waals surface area contributed by atoms with Crippen molar-refractivity contribution < 1.29 is 24.4 Å². The van der Waals surface area contributed by atoms with Crippen LogP contribution in [0.2, 0.25) is 0 Å². The topological polar surface area (TPSA) is 137 Å². The number of aliphatic hydroxyl groups excluding tert-OH is 1. The summed E-state index contributed by atoms with van der Waals surface area (Å²) in [5.41, 5.74) is 4.43. The molecule has 0 aliphatic carbocycles. The monoisotopic (exact) mass is 531 g/mol. The first-order valence-corrected chi connectivity index (χ1v) is 12.7. The van der Waals surface area contributed by atoms with Crippen molar-refractivity contribution in [3.63, 3.8) is 0 Å². The number of carbonyl (C=O) groups is 2. The van der Waals surface area contributed by atoms with Gasteiger partial charge in [0, 0.05) is 38.8 Å². The summed E-state index contributed by atoms with van der Waals surface area (Å²) < 4.78 is 5.20. The third-order valence-electron chi connectivity index (χ3n) is 7.07. The van der Waals surface area contributed by atoms with Gasteiger partial charge < -0.3 is 25.4 Å². The smallest absolute Gasteiger partial charge is 0.310 e. The number of ether oxygens (including phenoxy) is 1. The van der Waals surface area contributed by atoms with E-state index >= 15 is 0 Å². The summed E-state index contributed by atoms with van der Waals surface area (Å²) in [5, 5.41) is 26.6. The van der Waals surface area contributed by atoms with Crippen LogP contribution in [0.5, 0.6) is 5.75 Å². The summed E-state index contributed by atoms with van der Waals surface area (Å²) in [4.78, 5) is 40.7. The van der Waals surface area contributed by atoms with E-state index in [9.17, 15) is 19.7 Å². The molecule has 11 nitrogen and oxygen atoms in total. The summed E-state index contributed by atoms with van der Waals surface area (Å²) >= 11 is 0. The zero-order valence-electron chi connectivity index (χ0n) is 21.5. The first kappa shape index (κ1) is 26.1. The van der Waals surface area contributed by atoms with Crippen LogP contribution in [0.25, 0.3) is 11.1 Å². The summed E-state index contributed by atoms with van der Waals surface area (Å²) in [6, 6.07) is 15.5. The number of nitrogens with one attached hydrogen (secondary N) is 2. The fourth-order valence-corrected chi connectivity index (χ4v) is 4.93. The normalized spacial score (nSPS) is 14.9. The van der Waals surface area contributed by atoms with Crippen molar-refractivity contribution in [2.75, 3.05) is 57.1 Å². The first-order chi connectivity index (χ1) is 18.9. The molecule has 5 rings (SSSR count). The number of carbonyl (C=O) groups excluding carboxylic acids is 2. The molecule has 1 saturated heterocycles. The third-order valence-corrected chi connectivity index (χ3v) is 7.07. The molecule has 0 radical (unpaired) electrons. The van der Waals surface area contributed by atoms with E-state index < -0.39 is 4.92 Å². The quantitative estimate of drug-likeness (QED) is 0.312. The lowest BCUT2D eigenvalue weighted by Gasteiger charge is -2.34. The number of benzene rings is 3. The van der Waals surface area contributed by atoms with Crippen molar-refractivity contribution in [3.8, 4) is 16.9 Å². The Morgan fingerprint density at radius 3 is 2.44 bits per heavy atom. The molecule has 0 bridgehead atoms. The van der Waals surface area contributed by atoms with Crippen LogP contribution in [0.4, 0.5) is 22.7 Å². The second kappa shape index (κ2) is 11.1. The third kappa shape index (κ3) is 5.54. The van der Waals surface area contributed by atoms with E-state index in [1.54, 1.807) is 24.3 Å². The molecule has 2 heterocycles. The minimum Gasteiger partial charge on any atom is -0.490 e. The highest BCUT2D eigenvalue weighted by Gasteiger charge is 2.23. The van der Waals surface area contributed by atoms with Crippen LogP contribution in [0.3, 0.4) is 0 Å². The van der Waals surface area contributed by atoms with Crippen LogP contribution in [-0.2, 0) is 11.2 Å². The van der Waals surface area contributed by atoms with E-state index in [2.05, 4.69) is 15.5 Å². The molecule has 3 aromatic rings. The van der Waals surface area contributed by atoms with E-state index in [1.165, 1.54) is 13.2 Å². The molecule has 0 atom stereocenters. The predicted molar refractivity (Wildman–Crippen MR) is 147 cm³/mol. The number of anilines is 3. The highest BCUT2D eigenvalue weighted by molar-refractivity contribution is 6.12. The number of aliphatic hydroxyl groups is 1. The van der Waals surface area contributed by atoms with Gasteiger partial charge in [0.2, 0.25) is 5.91 Å². The molecule has 1 fully saturated rings. The molecule has 3 aromatic carbocycles. The van der Waals surface area contributed by atoms with Crippen LogP contribution in [0, 0.1) is 10.1 Å². The molecule has 0 spiro atoms. The number of fused-ring (bicyclic) bond motifs is 2. The molecule has 0 aromatic heterocycles. The predicted octanol–water partition coefficient (Wildman–Crippen LogP) is 3.26. The number of nitro benzene ring substituents is 1. The number of rotatable bonds is 7. The van der Waals surface area contributed by atoms with Gasteiger partial charge in [0.05, 0.1) is 47.7 Å². The van der Waals surface area contributed by atoms with Gasteiger partial charge in [-0.25, -0.2) is 0 Å². The van der Waals surface area contributed by atoms with Gasteiger partial charge in [0.15, 0.2) is 5.75 Å². The van der Waals surface area contributed by atoms with Crippen LogP contribution in [0.15, 0.2) is 54.6 Å². The number of hydrogen-bond donors (Lipinski definition) is 3. The first-order valence-electron chi connectivity index (χ1n) is 12.7. The Bertz CT molecular complexity index is 1430. The molecule has 2 amide bonds. The van der Waals surface area contributed by atoms with Crippen LogP contribution < -0.4 is 15.4 Å². The molecular weight excluding hydrogens is 502 g/mol. The number of nitrogens with zero attached hydrogens (tertiary/aromatic N) is 3. The van der Waals surface area contributed by atoms with Crippen molar-refractivity contribution in [3.05, 3.63) is 75.8 Å². The minimum absolute atomic E-state index is 0.0259. The molecule has 0 saturated carbocycles. The Labute approximate surface area is 225 Å². The Morgan fingerprint density at radius 1 is 0.974 bits per heavy atom. The minimum atomic E-state index is -0.497. The van der Waals surface area contributed by atoms with Crippen LogP contribution >= 0.6 is 0 Å². The maximum Gasteiger partial charge on any atom is 0.310 e. The maximum atomic E-state index is 13.1. The van der Waals surface area contributed by atoms with Crippen molar-refractivity contribution in [1.29, 1.82) is 0 Å². The van der Waals surface area contributed by atoms with Crippen molar-refractivity contribution in [1.82, 2.24) is 9.80 Å². The summed E-state index contributed by atoms with van der Waals surface area (Å²) in [7, 11) is 1.38. The Kier molecular flexibility index (Phi) is 7.44. The second-order valence-corrected chi connectivity index (χ2v) is 9.49. The van der Waals surface area contributed by atoms with Gasteiger partial charge in [-0.1, -0.05) is 12.1 Å². The lowest BCUT2D eigenvalue weighted by molar-refractivity contribution is -0.385. The maximum absolute atomic E-state index is 13.1. The molecule has 2 aliphatic heterocycles. The summed E-state index contributed by atoms with van der Waals surface area (Å²) in [5.74, 6) is -0.108. The zero-order valence-corrected chi connectivity index (χ0v) is 21.5. The van der Waals surface area contributed by atoms with E-state index in [1.807, 2.05) is 29.2 Å². The average Bonchev–Trinajstić information content (AvgIpc) is 3.08. The van der Waals surface area contributed by atoms with Gasteiger partial charge in [-0.15, -0.1) is 0 Å². The zero-order chi connectivity index (χ0) is 27.5. The second-order valence-electron chi connectivity index (χ2n) is 9.49. The largest absolute Gasteiger partial charge is 0.490 e. The number of methoxy groups -OCH3 is 1. The van der Waals surface area contributed by atoms with Gasteiger partial charge in [-0.2, -0.15) is 0 Å². The molecule has 3 N–H and O–H groups in total. The number of hydrogen-bond acceptors (Lipinski definition) is 8. The number of piperazine rings is 1. The van der Waals surface area contributed by atoms with E-state index in [4.69, 9.17) is 9.84 Å². The molecule has 11 heteroatoms. The Balaban J connectivity index is 1.34. The van der Waals surface area contributed by atoms with E-state index in [0.717, 1.165) is 24.2 Å². The van der Waals surface area contributed by atoms with Crippen LogP contribution in [0.1, 0.15) is 15.9 Å². The highest BCUT2D eigenvalue weighted by atomic mass is 16.6. The Hall–Kier alpha value is -4.48. The molecule has 202 valence electrons. The van der Waals surface area contributed by atoms with E-state index in [-0.39, 0.29) is 36.3 Å².